The number of ether oxygens (including phenoxy) is 2. The lowest BCUT2D eigenvalue weighted by Crippen LogP contribution is -2.16. The lowest BCUT2D eigenvalue weighted by molar-refractivity contribution is -0.141. The highest BCUT2D eigenvalue weighted by Gasteiger charge is 2.13. The molecule has 2 N–H and O–H groups in total. The molecule has 0 radical (unpaired) electrons. The van der Waals surface area contributed by atoms with Crippen LogP contribution in [0.4, 0.5) is 0 Å². The van der Waals surface area contributed by atoms with Gasteiger partial charge >= 0.3 is 5.97 Å². The Bertz CT molecular complexity index is 1170. The third-order valence-electron chi connectivity index (χ3n) is 5.39. The summed E-state index contributed by atoms with van der Waals surface area (Å²) in [6.45, 7) is 0.525. The smallest absolute Gasteiger partial charge is 0.307 e. The minimum atomic E-state index is -0.382. The summed E-state index contributed by atoms with van der Waals surface area (Å²) < 4.78 is 10.8. The second-order valence-electron chi connectivity index (χ2n) is 7.44. The fraction of sp³-hybridized carbons (Fsp3) is 0.148. The summed E-state index contributed by atoms with van der Waals surface area (Å²) in [5.74, 6) is 0.550. The van der Waals surface area contributed by atoms with E-state index < -0.39 is 0 Å². The first-order valence-corrected chi connectivity index (χ1v) is 10.3. The van der Waals surface area contributed by atoms with Crippen molar-refractivity contribution in [3.63, 3.8) is 0 Å². The number of carbonyl (C=O) groups excluding carboxylic acids is 1. The monoisotopic (exact) mass is 411 g/mol. The summed E-state index contributed by atoms with van der Waals surface area (Å²) in [5, 5.41) is 2.20. The van der Waals surface area contributed by atoms with Crippen molar-refractivity contribution in [1.82, 2.24) is 0 Å². The van der Waals surface area contributed by atoms with Crippen LogP contribution in [0, 0.1) is 0 Å². The van der Waals surface area contributed by atoms with Crippen molar-refractivity contribution < 1.29 is 14.3 Å². The molecule has 0 unspecified atom stereocenters. The van der Waals surface area contributed by atoms with E-state index in [4.69, 9.17) is 15.2 Å². The summed E-state index contributed by atoms with van der Waals surface area (Å²) >= 11 is 0. The highest BCUT2D eigenvalue weighted by molar-refractivity contribution is 6.00. The molecule has 0 aliphatic carbocycles. The van der Waals surface area contributed by atoms with E-state index in [0.717, 1.165) is 38.8 Å². The third kappa shape index (κ3) is 4.76. The van der Waals surface area contributed by atoms with Crippen molar-refractivity contribution in [3.8, 4) is 16.9 Å². The van der Waals surface area contributed by atoms with E-state index in [0.29, 0.717) is 6.61 Å². The molecule has 0 spiro atoms. The zero-order chi connectivity index (χ0) is 21.6. The lowest BCUT2D eigenvalue weighted by Gasteiger charge is -2.14. The Kier molecular flexibility index (Phi) is 6.29. The minimum Gasteiger partial charge on any atom is -0.488 e. The molecule has 4 nitrogen and oxygen atoms in total. The molecule has 0 aliphatic rings. The quantitative estimate of drug-likeness (QED) is 0.399. The van der Waals surface area contributed by atoms with Gasteiger partial charge in [0.05, 0.1) is 13.5 Å². The molecule has 1 atom stereocenters. The zero-order valence-electron chi connectivity index (χ0n) is 17.5. The summed E-state index contributed by atoms with van der Waals surface area (Å²) in [6, 6.07) is 30.2. The molecule has 0 fully saturated rings. The van der Waals surface area contributed by atoms with Crippen molar-refractivity contribution in [1.29, 1.82) is 0 Å². The van der Waals surface area contributed by atoms with Crippen LogP contribution in [0.1, 0.15) is 23.6 Å². The number of methoxy groups -OCH3 is 1. The van der Waals surface area contributed by atoms with Gasteiger partial charge in [0.2, 0.25) is 0 Å². The molecule has 0 amide bonds. The molecule has 156 valence electrons. The van der Waals surface area contributed by atoms with Crippen molar-refractivity contribution in [3.05, 3.63) is 102 Å². The van der Waals surface area contributed by atoms with Crippen LogP contribution in [-0.4, -0.2) is 13.1 Å². The molecule has 31 heavy (non-hydrogen) atoms. The number of hydrogen-bond donors (Lipinski definition) is 1. The van der Waals surface area contributed by atoms with Gasteiger partial charge in [-0.1, -0.05) is 84.9 Å². The predicted molar refractivity (Wildman–Crippen MR) is 124 cm³/mol. The molecular weight excluding hydrogens is 386 g/mol. The van der Waals surface area contributed by atoms with Gasteiger partial charge < -0.3 is 15.2 Å². The highest BCUT2D eigenvalue weighted by atomic mass is 16.5. The maximum Gasteiger partial charge on any atom is 0.307 e. The second-order valence-corrected chi connectivity index (χ2v) is 7.44. The maximum atomic E-state index is 11.5. The second kappa shape index (κ2) is 9.45. The topological polar surface area (TPSA) is 61.5 Å². The van der Waals surface area contributed by atoms with Gasteiger partial charge in [-0.15, -0.1) is 0 Å². The van der Waals surface area contributed by atoms with Crippen LogP contribution in [0.15, 0.2) is 91.0 Å². The Morgan fingerprint density at radius 2 is 1.52 bits per heavy atom. The number of rotatable bonds is 7. The Labute approximate surface area is 182 Å². The van der Waals surface area contributed by atoms with Crippen LogP contribution in [0.25, 0.3) is 21.9 Å². The number of benzene rings is 4. The van der Waals surface area contributed by atoms with Gasteiger partial charge in [0.15, 0.2) is 0 Å². The molecule has 0 bridgehead atoms. The third-order valence-corrected chi connectivity index (χ3v) is 5.39. The van der Waals surface area contributed by atoms with Crippen LogP contribution in [0.3, 0.4) is 0 Å². The summed E-state index contributed by atoms with van der Waals surface area (Å²) in [4.78, 5) is 11.5. The van der Waals surface area contributed by atoms with E-state index in [-0.39, 0.29) is 18.4 Å². The predicted octanol–water partition coefficient (Wildman–Crippen LogP) is 5.65. The summed E-state index contributed by atoms with van der Waals surface area (Å²) in [6.07, 6.45) is 0.159. The van der Waals surface area contributed by atoms with Crippen molar-refractivity contribution >= 4 is 16.7 Å². The van der Waals surface area contributed by atoms with E-state index in [2.05, 4.69) is 30.3 Å². The standard InChI is InChI=1S/C27H25NO3/c1-30-27(29)17-25(28)21-13-11-20(12-14-21)22-15-16-26(24-10-6-5-9-23(22)24)31-18-19-7-3-2-4-8-19/h2-16,25H,17-18,28H2,1H3/t25-/m0/s1. The molecule has 0 saturated heterocycles. The van der Waals surface area contributed by atoms with Gasteiger partial charge in [-0.3, -0.25) is 4.79 Å². The molecule has 4 aromatic carbocycles. The van der Waals surface area contributed by atoms with Gasteiger partial charge in [-0.2, -0.15) is 0 Å². The van der Waals surface area contributed by atoms with Crippen LogP contribution in [0.5, 0.6) is 5.75 Å². The van der Waals surface area contributed by atoms with E-state index >= 15 is 0 Å². The van der Waals surface area contributed by atoms with Crippen LogP contribution in [0.2, 0.25) is 0 Å². The van der Waals surface area contributed by atoms with Crippen LogP contribution < -0.4 is 10.5 Å². The molecule has 0 saturated carbocycles. The van der Waals surface area contributed by atoms with Crippen molar-refractivity contribution in [2.24, 2.45) is 5.73 Å². The first-order chi connectivity index (χ1) is 15.2. The average Bonchev–Trinajstić information content (AvgIpc) is 2.83. The van der Waals surface area contributed by atoms with Gasteiger partial charge in [-0.25, -0.2) is 0 Å². The first-order valence-electron chi connectivity index (χ1n) is 10.3. The number of nitrogens with two attached hydrogens (primary N) is 1. The van der Waals surface area contributed by atoms with Gasteiger partial charge in [0.25, 0.3) is 0 Å². The largest absolute Gasteiger partial charge is 0.488 e. The molecule has 0 aliphatic heterocycles. The van der Waals surface area contributed by atoms with E-state index in [9.17, 15) is 4.79 Å². The molecule has 4 rings (SSSR count). The Balaban J connectivity index is 1.60. The first kappa shape index (κ1) is 20.6. The van der Waals surface area contributed by atoms with Crippen molar-refractivity contribution in [2.75, 3.05) is 7.11 Å². The van der Waals surface area contributed by atoms with Gasteiger partial charge in [0, 0.05) is 11.4 Å². The molecule has 0 heterocycles. The van der Waals surface area contributed by atoms with Crippen LogP contribution >= 0.6 is 0 Å². The Morgan fingerprint density at radius 1 is 0.839 bits per heavy atom. The van der Waals surface area contributed by atoms with E-state index in [1.807, 2.05) is 60.7 Å². The highest BCUT2D eigenvalue weighted by Crippen LogP contribution is 2.35. The number of carbonyl (C=O) groups is 1. The SMILES string of the molecule is COC(=O)C[C@H](N)c1ccc(-c2ccc(OCc3ccccc3)c3ccccc23)cc1. The summed E-state index contributed by atoms with van der Waals surface area (Å²) in [5.41, 5.74) is 10.4. The lowest BCUT2D eigenvalue weighted by atomic mass is 9.95. The number of fused-ring (bicyclic) bond motifs is 1. The fourth-order valence-corrected chi connectivity index (χ4v) is 3.67. The van der Waals surface area contributed by atoms with E-state index in [1.54, 1.807) is 0 Å². The van der Waals surface area contributed by atoms with Gasteiger partial charge in [-0.05, 0) is 33.7 Å². The fourth-order valence-electron chi connectivity index (χ4n) is 3.67. The number of esters is 1. The van der Waals surface area contributed by atoms with E-state index in [1.165, 1.54) is 7.11 Å². The minimum absolute atomic E-state index is 0.159. The van der Waals surface area contributed by atoms with Crippen LogP contribution in [-0.2, 0) is 16.1 Å². The molecular formula is C27H25NO3. The van der Waals surface area contributed by atoms with Crippen molar-refractivity contribution in [2.45, 2.75) is 19.1 Å². The molecule has 4 aromatic rings. The molecule has 0 aromatic heterocycles. The average molecular weight is 412 g/mol. The Morgan fingerprint density at radius 3 is 2.23 bits per heavy atom. The Hall–Kier alpha value is -3.63. The van der Waals surface area contributed by atoms with Gasteiger partial charge in [0.1, 0.15) is 12.4 Å². The molecule has 4 heteroatoms. The number of hydrogen-bond acceptors (Lipinski definition) is 4. The summed E-state index contributed by atoms with van der Waals surface area (Å²) in [7, 11) is 1.37. The zero-order valence-corrected chi connectivity index (χ0v) is 17.5. The normalized spacial score (nSPS) is 11.8. The maximum absolute atomic E-state index is 11.5.